The number of nitrogens with zero attached hydrogens (tertiary/aromatic N) is 2. The van der Waals surface area contributed by atoms with Crippen molar-refractivity contribution in [1.29, 1.82) is 0 Å². The molecule has 0 saturated carbocycles. The maximum absolute atomic E-state index is 12.0. The molecule has 112 valence electrons. The van der Waals surface area contributed by atoms with Crippen LogP contribution in [0.5, 0.6) is 0 Å². The fourth-order valence-electron chi connectivity index (χ4n) is 1.54. The first-order valence-corrected chi connectivity index (χ1v) is 5.85. The Morgan fingerprint density at radius 1 is 1.33 bits per heavy atom. The Hall–Kier alpha value is -2.58. The van der Waals surface area contributed by atoms with Crippen LogP contribution >= 0.6 is 0 Å². The van der Waals surface area contributed by atoms with Crippen molar-refractivity contribution >= 4 is 5.91 Å². The third-order valence-corrected chi connectivity index (χ3v) is 2.51. The van der Waals surface area contributed by atoms with Gasteiger partial charge in [0.2, 0.25) is 0 Å². The molecule has 1 amide bonds. The van der Waals surface area contributed by atoms with E-state index in [1.165, 1.54) is 18.4 Å². The number of hydrogen-bond donors (Lipinski definition) is 1. The van der Waals surface area contributed by atoms with Crippen LogP contribution in [-0.4, -0.2) is 28.4 Å². The highest BCUT2D eigenvalue weighted by molar-refractivity contribution is 5.81. The van der Waals surface area contributed by atoms with Crippen LogP contribution in [0.3, 0.4) is 0 Å². The van der Waals surface area contributed by atoms with Gasteiger partial charge in [0.1, 0.15) is 5.69 Å². The van der Waals surface area contributed by atoms with Gasteiger partial charge in [-0.15, -0.1) is 0 Å². The fraction of sp³-hybridized carbons (Fsp3) is 0.250. The summed E-state index contributed by atoms with van der Waals surface area (Å²) in [4.78, 5) is 22.2. The summed E-state index contributed by atoms with van der Waals surface area (Å²) in [6.07, 6.45) is -3.52. The molecule has 1 N–H and O–H groups in total. The van der Waals surface area contributed by atoms with Crippen LogP contribution < -0.4 is 10.9 Å². The molecule has 0 spiro atoms. The van der Waals surface area contributed by atoms with E-state index in [1.54, 1.807) is 17.4 Å². The Bertz CT molecular complexity index is 677. The molecule has 0 unspecified atom stereocenters. The Balaban J connectivity index is 2.05. The molecule has 2 heterocycles. The average Bonchev–Trinajstić information content (AvgIpc) is 2.93. The number of hydrogen-bond acceptors (Lipinski definition) is 4. The van der Waals surface area contributed by atoms with Crippen LogP contribution in [0.1, 0.15) is 0 Å². The molecular formula is C12H10F3N3O3. The van der Waals surface area contributed by atoms with E-state index in [0.717, 1.165) is 4.68 Å². The minimum Gasteiger partial charge on any atom is -0.463 e. The molecule has 2 aromatic rings. The zero-order valence-electron chi connectivity index (χ0n) is 10.6. The standard InChI is InChI=1S/C12H10F3N3O3/c13-12(14,15)11(20)16-5-6-18-10(19)4-3-8(17-18)9-2-1-7-21-9/h1-4,7H,5-6H2,(H,16,20). The molecule has 0 aromatic carbocycles. The van der Waals surface area contributed by atoms with Crippen molar-refractivity contribution in [2.45, 2.75) is 12.7 Å². The monoisotopic (exact) mass is 301 g/mol. The fourth-order valence-corrected chi connectivity index (χ4v) is 1.54. The van der Waals surface area contributed by atoms with E-state index >= 15 is 0 Å². The van der Waals surface area contributed by atoms with Gasteiger partial charge in [-0.3, -0.25) is 9.59 Å². The maximum Gasteiger partial charge on any atom is 0.471 e. The number of rotatable bonds is 4. The second-order valence-electron chi connectivity index (χ2n) is 4.01. The molecule has 0 aliphatic heterocycles. The van der Waals surface area contributed by atoms with Crippen molar-refractivity contribution in [1.82, 2.24) is 15.1 Å². The highest BCUT2D eigenvalue weighted by Gasteiger charge is 2.38. The molecule has 0 aliphatic rings. The largest absolute Gasteiger partial charge is 0.471 e. The first-order valence-electron chi connectivity index (χ1n) is 5.85. The van der Waals surface area contributed by atoms with Gasteiger partial charge in [0, 0.05) is 12.6 Å². The summed E-state index contributed by atoms with van der Waals surface area (Å²) < 4.78 is 42.0. The lowest BCUT2D eigenvalue weighted by atomic mass is 10.3. The third-order valence-electron chi connectivity index (χ3n) is 2.51. The van der Waals surface area contributed by atoms with Crippen molar-refractivity contribution in [2.24, 2.45) is 0 Å². The first-order chi connectivity index (χ1) is 9.88. The highest BCUT2D eigenvalue weighted by Crippen LogP contribution is 2.15. The molecule has 6 nitrogen and oxygen atoms in total. The number of amides is 1. The number of aromatic nitrogens is 2. The van der Waals surface area contributed by atoms with E-state index < -0.39 is 17.6 Å². The SMILES string of the molecule is O=C(NCCn1nc(-c2ccco2)ccc1=O)C(F)(F)F. The summed E-state index contributed by atoms with van der Waals surface area (Å²) in [7, 11) is 0. The van der Waals surface area contributed by atoms with Crippen LogP contribution in [-0.2, 0) is 11.3 Å². The zero-order valence-corrected chi connectivity index (χ0v) is 10.6. The third kappa shape index (κ3) is 3.71. The van der Waals surface area contributed by atoms with E-state index in [2.05, 4.69) is 5.10 Å². The highest BCUT2D eigenvalue weighted by atomic mass is 19.4. The number of halogens is 3. The van der Waals surface area contributed by atoms with Gasteiger partial charge in [0.05, 0.1) is 12.8 Å². The minimum absolute atomic E-state index is 0.185. The van der Waals surface area contributed by atoms with E-state index in [-0.39, 0.29) is 13.1 Å². The van der Waals surface area contributed by atoms with E-state index in [4.69, 9.17) is 4.42 Å². The predicted molar refractivity (Wildman–Crippen MR) is 65.3 cm³/mol. The summed E-state index contributed by atoms with van der Waals surface area (Å²) in [5.41, 5.74) is -0.131. The Morgan fingerprint density at radius 2 is 2.10 bits per heavy atom. The number of furan rings is 1. The van der Waals surface area contributed by atoms with Gasteiger partial charge in [-0.1, -0.05) is 0 Å². The van der Waals surface area contributed by atoms with Crippen molar-refractivity contribution in [2.75, 3.05) is 6.54 Å². The number of nitrogens with one attached hydrogen (secondary N) is 1. The van der Waals surface area contributed by atoms with Gasteiger partial charge >= 0.3 is 12.1 Å². The van der Waals surface area contributed by atoms with Crippen molar-refractivity contribution in [3.8, 4) is 11.5 Å². The van der Waals surface area contributed by atoms with Gasteiger partial charge in [0.25, 0.3) is 5.56 Å². The normalized spacial score (nSPS) is 11.4. The van der Waals surface area contributed by atoms with Crippen LogP contribution in [0.15, 0.2) is 39.7 Å². The van der Waals surface area contributed by atoms with Gasteiger partial charge in [0.15, 0.2) is 5.76 Å². The minimum atomic E-state index is -4.95. The summed E-state index contributed by atoms with van der Waals surface area (Å²) in [6, 6.07) is 5.92. The van der Waals surface area contributed by atoms with Crippen LogP contribution in [0, 0.1) is 0 Å². The molecule has 0 radical (unpaired) electrons. The number of alkyl halides is 3. The summed E-state index contributed by atoms with van der Waals surface area (Å²) in [5, 5.41) is 5.62. The molecule has 9 heteroatoms. The van der Waals surface area contributed by atoms with Crippen LogP contribution in [0.4, 0.5) is 13.2 Å². The summed E-state index contributed by atoms with van der Waals surface area (Å²) >= 11 is 0. The molecule has 0 fully saturated rings. The van der Waals surface area contributed by atoms with Crippen LogP contribution in [0.2, 0.25) is 0 Å². The molecule has 2 rings (SSSR count). The predicted octanol–water partition coefficient (Wildman–Crippen LogP) is 1.18. The maximum atomic E-state index is 12.0. The Labute approximate surface area is 116 Å². The second-order valence-corrected chi connectivity index (χ2v) is 4.01. The van der Waals surface area contributed by atoms with Crippen LogP contribution in [0.25, 0.3) is 11.5 Å². The molecule has 0 aliphatic carbocycles. The molecule has 0 bridgehead atoms. The van der Waals surface area contributed by atoms with Crippen molar-refractivity contribution in [3.05, 3.63) is 40.9 Å². The molecule has 0 saturated heterocycles. The van der Waals surface area contributed by atoms with Gasteiger partial charge < -0.3 is 9.73 Å². The Kier molecular flexibility index (Phi) is 4.10. The van der Waals surface area contributed by atoms with Crippen molar-refractivity contribution in [3.63, 3.8) is 0 Å². The quantitative estimate of drug-likeness (QED) is 0.920. The lowest BCUT2D eigenvalue weighted by molar-refractivity contribution is -0.173. The zero-order chi connectivity index (χ0) is 15.5. The molecule has 0 atom stereocenters. The van der Waals surface area contributed by atoms with E-state index in [9.17, 15) is 22.8 Å². The smallest absolute Gasteiger partial charge is 0.463 e. The lowest BCUT2D eigenvalue weighted by Gasteiger charge is -2.09. The van der Waals surface area contributed by atoms with Crippen molar-refractivity contribution < 1.29 is 22.4 Å². The molecular weight excluding hydrogens is 291 g/mol. The average molecular weight is 301 g/mol. The topological polar surface area (TPSA) is 77.1 Å². The molecule has 21 heavy (non-hydrogen) atoms. The number of carbonyl (C=O) groups is 1. The second kappa shape index (κ2) is 5.81. The van der Waals surface area contributed by atoms with E-state index in [0.29, 0.717) is 11.5 Å². The lowest BCUT2D eigenvalue weighted by Crippen LogP contribution is -2.39. The number of carbonyl (C=O) groups excluding carboxylic acids is 1. The summed E-state index contributed by atoms with van der Waals surface area (Å²) in [6.45, 7) is -0.554. The van der Waals surface area contributed by atoms with Gasteiger partial charge in [-0.2, -0.15) is 18.3 Å². The van der Waals surface area contributed by atoms with Gasteiger partial charge in [-0.05, 0) is 18.2 Å². The Morgan fingerprint density at radius 3 is 2.71 bits per heavy atom. The summed E-state index contributed by atoms with van der Waals surface area (Å²) in [5.74, 6) is -1.64. The van der Waals surface area contributed by atoms with Gasteiger partial charge in [-0.25, -0.2) is 4.68 Å². The van der Waals surface area contributed by atoms with E-state index in [1.807, 2.05) is 0 Å². The first kappa shape index (κ1) is 14.8. The molecule has 2 aromatic heterocycles.